The van der Waals surface area contributed by atoms with Gasteiger partial charge in [0.1, 0.15) is 11.8 Å². The molecule has 30 heavy (non-hydrogen) atoms. The van der Waals surface area contributed by atoms with Gasteiger partial charge >= 0.3 is 6.09 Å². The summed E-state index contributed by atoms with van der Waals surface area (Å²) in [6, 6.07) is 7.21. The number of ketones is 1. The summed E-state index contributed by atoms with van der Waals surface area (Å²) in [7, 11) is 0. The lowest BCUT2D eigenvalue weighted by Crippen LogP contribution is -2.54. The molecule has 0 radical (unpaired) electrons. The molecule has 2 bridgehead atoms. The van der Waals surface area contributed by atoms with Crippen molar-refractivity contribution in [2.75, 3.05) is 26.2 Å². The van der Waals surface area contributed by atoms with Gasteiger partial charge in [0.05, 0.1) is 6.61 Å². The van der Waals surface area contributed by atoms with E-state index in [4.69, 9.17) is 9.84 Å². The maximum atomic E-state index is 12.4. The Kier molecular flexibility index (Phi) is 5.94. The van der Waals surface area contributed by atoms with Gasteiger partial charge in [-0.2, -0.15) is 0 Å². The summed E-state index contributed by atoms with van der Waals surface area (Å²) in [6.07, 6.45) is 2.69. The first-order valence-electron chi connectivity index (χ1n) is 10.7. The van der Waals surface area contributed by atoms with E-state index in [9.17, 15) is 14.4 Å². The number of benzene rings is 1. The Morgan fingerprint density at radius 1 is 1.17 bits per heavy atom. The van der Waals surface area contributed by atoms with Crippen LogP contribution in [-0.4, -0.2) is 77.1 Å². The van der Waals surface area contributed by atoms with Crippen LogP contribution in [0.4, 0.5) is 4.79 Å². The number of rotatable bonds is 9. The predicted molar refractivity (Wildman–Crippen MR) is 110 cm³/mol. The molecule has 2 saturated heterocycles. The fraction of sp³-hybridized carbons (Fsp3) is 0.591. The molecule has 2 amide bonds. The minimum atomic E-state index is -1.18. The van der Waals surface area contributed by atoms with E-state index in [0.29, 0.717) is 19.2 Å². The first kappa shape index (κ1) is 20.7. The average molecular weight is 415 g/mol. The number of carbonyl (C=O) groups excluding carboxylic acids is 2. The molecule has 1 aliphatic carbocycles. The van der Waals surface area contributed by atoms with E-state index in [2.05, 4.69) is 10.2 Å². The summed E-state index contributed by atoms with van der Waals surface area (Å²) >= 11 is 0. The van der Waals surface area contributed by atoms with E-state index < -0.39 is 12.1 Å². The summed E-state index contributed by atoms with van der Waals surface area (Å²) in [5, 5.41) is 11.0. The second-order valence-electron chi connectivity index (χ2n) is 8.56. The third-order valence-electron chi connectivity index (χ3n) is 6.29. The van der Waals surface area contributed by atoms with Crippen molar-refractivity contribution in [2.24, 2.45) is 5.92 Å². The van der Waals surface area contributed by atoms with E-state index >= 15 is 0 Å². The Morgan fingerprint density at radius 3 is 2.50 bits per heavy atom. The third-order valence-corrected chi connectivity index (χ3v) is 6.29. The van der Waals surface area contributed by atoms with Crippen LogP contribution in [0.1, 0.15) is 43.0 Å². The highest BCUT2D eigenvalue weighted by Gasteiger charge is 2.45. The number of hydrogen-bond acceptors (Lipinski definition) is 5. The van der Waals surface area contributed by atoms with Gasteiger partial charge in [-0.15, -0.1) is 0 Å². The van der Waals surface area contributed by atoms with Crippen LogP contribution in [0.25, 0.3) is 0 Å². The Morgan fingerprint density at radius 2 is 1.90 bits per heavy atom. The lowest BCUT2D eigenvalue weighted by molar-refractivity contribution is -0.135. The number of nitrogens with one attached hydrogen (secondary N) is 1. The number of amides is 2. The number of Topliss-reactive ketones (excluding diaryl/α,β-unsaturated/α-hetero) is 1. The summed E-state index contributed by atoms with van der Waals surface area (Å²) in [5.74, 6) is 1.11. The molecule has 1 aromatic carbocycles. The number of piperazine rings is 1. The molecule has 1 aromatic rings. The van der Waals surface area contributed by atoms with Crippen LogP contribution in [-0.2, 0) is 4.79 Å². The van der Waals surface area contributed by atoms with Gasteiger partial charge in [0, 0.05) is 43.2 Å². The van der Waals surface area contributed by atoms with Gasteiger partial charge in [-0.05, 0) is 56.9 Å². The van der Waals surface area contributed by atoms with Crippen LogP contribution in [0.3, 0.4) is 0 Å². The Bertz CT molecular complexity index is 807. The molecule has 1 saturated carbocycles. The standard InChI is InChI=1S/C22H29N3O5/c1-14(23-22(28)29)21(27)25-13-17-11-18(25)12-24(17)9-2-10-30-19-7-5-16(6-8-19)20(26)15-3-4-15/h5-8,14-15,17-18,23H,2-4,9-13H2,1H3,(H,28,29)/t14-,17-,18-/m1/s1. The average Bonchev–Trinajstić information content (AvgIpc) is 3.40. The van der Waals surface area contributed by atoms with Crippen molar-refractivity contribution in [3.05, 3.63) is 29.8 Å². The van der Waals surface area contributed by atoms with Crippen molar-refractivity contribution in [2.45, 2.75) is 50.7 Å². The highest BCUT2D eigenvalue weighted by Crippen LogP contribution is 2.33. The monoisotopic (exact) mass is 415 g/mol. The Balaban J connectivity index is 1.16. The molecule has 0 unspecified atom stereocenters. The molecule has 3 aliphatic rings. The van der Waals surface area contributed by atoms with Crippen LogP contribution in [0, 0.1) is 5.92 Å². The maximum absolute atomic E-state index is 12.4. The lowest BCUT2D eigenvalue weighted by Gasteiger charge is -2.35. The SMILES string of the molecule is C[C@@H](NC(=O)O)C(=O)N1C[C@H]2C[C@@H]1CN2CCCOc1ccc(C(=O)C2CC2)cc1. The molecule has 4 rings (SSSR count). The number of carboxylic acid groups (broad SMARTS) is 1. The largest absolute Gasteiger partial charge is 0.494 e. The van der Waals surface area contributed by atoms with Gasteiger partial charge < -0.3 is 20.1 Å². The van der Waals surface area contributed by atoms with Crippen LogP contribution < -0.4 is 10.1 Å². The van der Waals surface area contributed by atoms with Crippen molar-refractivity contribution in [1.82, 2.24) is 15.1 Å². The summed E-state index contributed by atoms with van der Waals surface area (Å²) < 4.78 is 5.82. The molecule has 2 aliphatic heterocycles. The van der Waals surface area contributed by atoms with Gasteiger partial charge in [-0.1, -0.05) is 0 Å². The number of nitrogens with zero attached hydrogens (tertiary/aromatic N) is 2. The zero-order valence-corrected chi connectivity index (χ0v) is 17.3. The van der Waals surface area contributed by atoms with Gasteiger partial charge in [0.25, 0.3) is 0 Å². The van der Waals surface area contributed by atoms with Crippen molar-refractivity contribution < 1.29 is 24.2 Å². The van der Waals surface area contributed by atoms with Gasteiger partial charge in [0.2, 0.25) is 5.91 Å². The highest BCUT2D eigenvalue weighted by atomic mass is 16.5. The zero-order valence-electron chi connectivity index (χ0n) is 17.3. The normalized spacial score (nSPS) is 24.0. The summed E-state index contributed by atoms with van der Waals surface area (Å²) in [4.78, 5) is 39.4. The smallest absolute Gasteiger partial charge is 0.405 e. The second-order valence-corrected chi connectivity index (χ2v) is 8.56. The number of fused-ring (bicyclic) bond motifs is 2. The van der Waals surface area contributed by atoms with E-state index in [1.807, 2.05) is 29.2 Å². The predicted octanol–water partition coefficient (Wildman–Crippen LogP) is 1.99. The molecule has 0 aromatic heterocycles. The lowest BCUT2D eigenvalue weighted by atomic mass is 10.1. The highest BCUT2D eigenvalue weighted by molar-refractivity contribution is 5.99. The second kappa shape index (κ2) is 8.63. The van der Waals surface area contributed by atoms with Crippen molar-refractivity contribution >= 4 is 17.8 Å². The first-order valence-corrected chi connectivity index (χ1v) is 10.7. The van der Waals surface area contributed by atoms with Crippen LogP contribution in [0.2, 0.25) is 0 Å². The van der Waals surface area contributed by atoms with Gasteiger partial charge in [-0.3, -0.25) is 14.5 Å². The number of carbonyl (C=O) groups is 3. The maximum Gasteiger partial charge on any atom is 0.405 e. The minimum absolute atomic E-state index is 0.142. The van der Waals surface area contributed by atoms with Crippen molar-refractivity contribution in [3.8, 4) is 5.75 Å². The number of ether oxygens (including phenoxy) is 1. The van der Waals surface area contributed by atoms with E-state index in [1.54, 1.807) is 6.92 Å². The topological polar surface area (TPSA) is 99.2 Å². The Labute approximate surface area is 176 Å². The van der Waals surface area contributed by atoms with Gasteiger partial charge in [-0.25, -0.2) is 4.79 Å². The molecule has 2 N–H and O–H groups in total. The van der Waals surface area contributed by atoms with Crippen molar-refractivity contribution in [1.29, 1.82) is 0 Å². The number of hydrogen-bond donors (Lipinski definition) is 2. The van der Waals surface area contributed by atoms with Crippen molar-refractivity contribution in [3.63, 3.8) is 0 Å². The molecule has 2 heterocycles. The van der Waals surface area contributed by atoms with Crippen LogP contribution in [0.15, 0.2) is 24.3 Å². The molecule has 162 valence electrons. The van der Waals surface area contributed by atoms with E-state index in [-0.39, 0.29) is 23.7 Å². The van der Waals surface area contributed by atoms with E-state index in [1.165, 1.54) is 0 Å². The fourth-order valence-electron chi connectivity index (χ4n) is 4.54. The minimum Gasteiger partial charge on any atom is -0.494 e. The zero-order chi connectivity index (χ0) is 21.3. The summed E-state index contributed by atoms with van der Waals surface area (Å²) in [5.41, 5.74) is 0.768. The summed E-state index contributed by atoms with van der Waals surface area (Å²) in [6.45, 7) is 4.59. The molecular formula is C22H29N3O5. The molecule has 3 atom stereocenters. The molecular weight excluding hydrogens is 386 g/mol. The fourth-order valence-corrected chi connectivity index (χ4v) is 4.54. The third kappa shape index (κ3) is 4.59. The molecule has 3 fully saturated rings. The number of likely N-dealkylation sites (tertiary alicyclic amines) is 2. The quantitative estimate of drug-likeness (QED) is 0.473. The van der Waals surface area contributed by atoms with Gasteiger partial charge in [0.15, 0.2) is 5.78 Å². The molecule has 0 spiro atoms. The Hall–Kier alpha value is -2.61. The van der Waals surface area contributed by atoms with Crippen LogP contribution in [0.5, 0.6) is 5.75 Å². The first-order chi connectivity index (χ1) is 14.4. The molecule has 8 nitrogen and oxygen atoms in total. The van der Waals surface area contributed by atoms with E-state index in [0.717, 1.165) is 50.1 Å². The van der Waals surface area contributed by atoms with Crippen LogP contribution >= 0.6 is 0 Å². The molecule has 8 heteroatoms.